The molecule has 4 heterocycles. The fourth-order valence-corrected chi connectivity index (χ4v) is 2.52. The first-order valence-electron chi connectivity index (χ1n) is 8.02. The third-order valence-electron chi connectivity index (χ3n) is 3.78. The van der Waals surface area contributed by atoms with Crippen molar-refractivity contribution in [2.45, 2.75) is 6.54 Å². The van der Waals surface area contributed by atoms with Gasteiger partial charge in [-0.3, -0.25) is 14.8 Å². The summed E-state index contributed by atoms with van der Waals surface area (Å²) in [4.78, 5) is 25.2. The number of fused-ring (bicyclic) bond motifs is 1. The van der Waals surface area contributed by atoms with E-state index >= 15 is 0 Å². The molecule has 2 N–H and O–H groups in total. The van der Waals surface area contributed by atoms with E-state index in [1.54, 1.807) is 49.2 Å². The molecule has 0 aliphatic rings. The van der Waals surface area contributed by atoms with Crippen molar-refractivity contribution in [2.24, 2.45) is 0 Å². The maximum Gasteiger partial charge on any atom is 0.270 e. The Labute approximate surface area is 149 Å². The molecule has 4 rings (SSSR count). The number of anilines is 2. The fraction of sp³-hybridized carbons (Fsp3) is 0.0526. The minimum atomic E-state index is -0.271. The second-order valence-corrected chi connectivity index (χ2v) is 5.58. The van der Waals surface area contributed by atoms with Crippen LogP contribution in [0.4, 0.5) is 11.4 Å². The molecule has 128 valence electrons. The second-order valence-electron chi connectivity index (χ2n) is 5.58. The van der Waals surface area contributed by atoms with Crippen molar-refractivity contribution < 1.29 is 9.21 Å². The SMILES string of the molecule is O=C(NCc1ccco1)c1ccc2cncc(Nc3cccnc3)c2n1. The van der Waals surface area contributed by atoms with Crippen LogP contribution < -0.4 is 10.6 Å². The van der Waals surface area contributed by atoms with Crippen LogP contribution in [-0.4, -0.2) is 20.9 Å². The van der Waals surface area contributed by atoms with Crippen LogP contribution in [0.15, 0.2) is 71.9 Å². The maximum atomic E-state index is 12.4. The number of furan rings is 1. The highest BCUT2D eigenvalue weighted by Gasteiger charge is 2.11. The highest BCUT2D eigenvalue weighted by molar-refractivity contribution is 5.97. The molecule has 7 nitrogen and oxygen atoms in total. The Bertz CT molecular complexity index is 1030. The predicted molar refractivity (Wildman–Crippen MR) is 96.9 cm³/mol. The van der Waals surface area contributed by atoms with Crippen LogP contribution in [0, 0.1) is 0 Å². The number of rotatable bonds is 5. The maximum absolute atomic E-state index is 12.4. The third-order valence-corrected chi connectivity index (χ3v) is 3.78. The molecule has 0 aliphatic heterocycles. The van der Waals surface area contributed by atoms with Gasteiger partial charge in [0.05, 0.1) is 42.1 Å². The van der Waals surface area contributed by atoms with Gasteiger partial charge in [0, 0.05) is 17.8 Å². The summed E-state index contributed by atoms with van der Waals surface area (Å²) in [6.07, 6.45) is 8.36. The first-order valence-corrected chi connectivity index (χ1v) is 8.02. The van der Waals surface area contributed by atoms with Crippen LogP contribution in [0.3, 0.4) is 0 Å². The molecule has 4 aromatic rings. The molecule has 7 heteroatoms. The Kier molecular flexibility index (Phi) is 4.26. The molecule has 0 atom stereocenters. The van der Waals surface area contributed by atoms with Gasteiger partial charge in [-0.05, 0) is 36.4 Å². The largest absolute Gasteiger partial charge is 0.467 e. The Morgan fingerprint density at radius 1 is 1.04 bits per heavy atom. The predicted octanol–water partition coefficient (Wildman–Crippen LogP) is 3.29. The molecule has 0 aliphatic carbocycles. The number of pyridine rings is 3. The molecule has 0 spiro atoms. The van der Waals surface area contributed by atoms with E-state index in [0.29, 0.717) is 29.2 Å². The van der Waals surface area contributed by atoms with Crippen LogP contribution in [0.25, 0.3) is 10.9 Å². The zero-order valence-corrected chi connectivity index (χ0v) is 13.7. The van der Waals surface area contributed by atoms with Crippen molar-refractivity contribution in [2.75, 3.05) is 5.32 Å². The Balaban J connectivity index is 1.61. The quantitative estimate of drug-likeness (QED) is 0.576. The Morgan fingerprint density at radius 3 is 2.81 bits per heavy atom. The third kappa shape index (κ3) is 3.36. The lowest BCUT2D eigenvalue weighted by Gasteiger charge is -2.09. The van der Waals surface area contributed by atoms with Gasteiger partial charge in [0.1, 0.15) is 11.5 Å². The van der Waals surface area contributed by atoms with Crippen LogP contribution in [0.5, 0.6) is 0 Å². The first-order chi connectivity index (χ1) is 12.8. The smallest absolute Gasteiger partial charge is 0.270 e. The molecule has 0 bridgehead atoms. The topological polar surface area (TPSA) is 92.9 Å². The van der Waals surface area contributed by atoms with Crippen LogP contribution >= 0.6 is 0 Å². The molecular weight excluding hydrogens is 330 g/mol. The van der Waals surface area contributed by atoms with Gasteiger partial charge in [0.2, 0.25) is 0 Å². The van der Waals surface area contributed by atoms with E-state index in [2.05, 4.69) is 25.6 Å². The number of aromatic nitrogens is 3. The molecule has 26 heavy (non-hydrogen) atoms. The number of amides is 1. The summed E-state index contributed by atoms with van der Waals surface area (Å²) in [5, 5.41) is 6.86. The first kappa shape index (κ1) is 15.8. The van der Waals surface area contributed by atoms with Crippen LogP contribution in [0.1, 0.15) is 16.2 Å². The van der Waals surface area contributed by atoms with Gasteiger partial charge in [-0.2, -0.15) is 0 Å². The molecular formula is C19H15N5O2. The van der Waals surface area contributed by atoms with Crippen molar-refractivity contribution in [1.29, 1.82) is 0 Å². The lowest BCUT2D eigenvalue weighted by molar-refractivity contribution is 0.0943. The molecule has 0 unspecified atom stereocenters. The van der Waals surface area contributed by atoms with E-state index < -0.39 is 0 Å². The van der Waals surface area contributed by atoms with Gasteiger partial charge in [-0.25, -0.2) is 4.98 Å². The molecule has 0 aromatic carbocycles. The fourth-order valence-electron chi connectivity index (χ4n) is 2.52. The summed E-state index contributed by atoms with van der Waals surface area (Å²) >= 11 is 0. The van der Waals surface area contributed by atoms with E-state index in [4.69, 9.17) is 4.42 Å². The summed E-state index contributed by atoms with van der Waals surface area (Å²) < 4.78 is 5.22. The summed E-state index contributed by atoms with van der Waals surface area (Å²) in [5.74, 6) is 0.412. The van der Waals surface area contributed by atoms with Gasteiger partial charge < -0.3 is 15.1 Å². The average molecular weight is 345 g/mol. The Hall–Kier alpha value is -3.74. The normalized spacial score (nSPS) is 10.6. The van der Waals surface area contributed by atoms with Gasteiger partial charge in [-0.1, -0.05) is 0 Å². The number of nitrogens with zero attached hydrogens (tertiary/aromatic N) is 3. The van der Waals surface area contributed by atoms with Crippen LogP contribution in [-0.2, 0) is 6.54 Å². The van der Waals surface area contributed by atoms with Gasteiger partial charge in [0.25, 0.3) is 5.91 Å². The highest BCUT2D eigenvalue weighted by Crippen LogP contribution is 2.23. The molecule has 4 aromatic heterocycles. The second kappa shape index (κ2) is 7.02. The average Bonchev–Trinajstić information content (AvgIpc) is 3.20. The zero-order chi connectivity index (χ0) is 17.8. The molecule has 0 saturated carbocycles. The molecule has 1 amide bonds. The molecule has 0 radical (unpaired) electrons. The van der Waals surface area contributed by atoms with Crippen molar-refractivity contribution in [1.82, 2.24) is 20.3 Å². The zero-order valence-electron chi connectivity index (χ0n) is 13.7. The van der Waals surface area contributed by atoms with E-state index in [9.17, 15) is 4.79 Å². The standard InChI is InChI=1S/C19H15N5O2/c25-19(22-11-15-4-2-8-26-15)16-6-5-13-9-21-12-17(18(13)24-16)23-14-3-1-7-20-10-14/h1-10,12,23H,11H2,(H,22,25). The Morgan fingerprint density at radius 2 is 2.00 bits per heavy atom. The summed E-state index contributed by atoms with van der Waals surface area (Å²) in [6, 6.07) is 10.8. The lowest BCUT2D eigenvalue weighted by Crippen LogP contribution is -2.23. The van der Waals surface area contributed by atoms with E-state index in [0.717, 1.165) is 11.1 Å². The van der Waals surface area contributed by atoms with Gasteiger partial charge >= 0.3 is 0 Å². The van der Waals surface area contributed by atoms with Crippen molar-refractivity contribution in [3.05, 3.63) is 78.9 Å². The van der Waals surface area contributed by atoms with E-state index in [-0.39, 0.29) is 5.91 Å². The van der Waals surface area contributed by atoms with E-state index in [1.807, 2.05) is 18.2 Å². The van der Waals surface area contributed by atoms with Gasteiger partial charge in [-0.15, -0.1) is 0 Å². The number of hydrogen-bond donors (Lipinski definition) is 2. The minimum Gasteiger partial charge on any atom is -0.467 e. The van der Waals surface area contributed by atoms with Gasteiger partial charge in [0.15, 0.2) is 0 Å². The molecule has 0 fully saturated rings. The highest BCUT2D eigenvalue weighted by atomic mass is 16.3. The van der Waals surface area contributed by atoms with Crippen molar-refractivity contribution >= 4 is 28.2 Å². The lowest BCUT2D eigenvalue weighted by atomic mass is 10.2. The number of carbonyl (C=O) groups is 1. The summed E-state index contributed by atoms with van der Waals surface area (Å²) in [7, 11) is 0. The monoisotopic (exact) mass is 345 g/mol. The minimum absolute atomic E-state index is 0.271. The summed E-state index contributed by atoms with van der Waals surface area (Å²) in [6.45, 7) is 0.308. The van der Waals surface area contributed by atoms with Crippen molar-refractivity contribution in [3.8, 4) is 0 Å². The van der Waals surface area contributed by atoms with Crippen LogP contribution in [0.2, 0.25) is 0 Å². The number of carbonyl (C=O) groups excluding carboxylic acids is 1. The summed E-state index contributed by atoms with van der Waals surface area (Å²) in [5.41, 5.74) is 2.51. The number of hydrogen-bond acceptors (Lipinski definition) is 6. The molecule has 0 saturated heterocycles. The van der Waals surface area contributed by atoms with E-state index in [1.165, 1.54) is 0 Å². The number of nitrogens with one attached hydrogen (secondary N) is 2. The van der Waals surface area contributed by atoms with Crippen molar-refractivity contribution in [3.63, 3.8) is 0 Å².